The van der Waals surface area contributed by atoms with E-state index in [1.54, 1.807) is 18.4 Å². The second-order valence-electron chi connectivity index (χ2n) is 7.15. The fourth-order valence-electron chi connectivity index (χ4n) is 3.73. The van der Waals surface area contributed by atoms with Crippen molar-refractivity contribution in [2.24, 2.45) is 5.92 Å². The SMILES string of the molecule is COc1ccccc1[C@@H]1CN(Cc2cc(CN(C)C)cs2)C[C@H]1C(=O)O. The minimum atomic E-state index is -0.733. The Bertz CT molecular complexity index is 759. The molecule has 2 aromatic rings. The molecule has 1 fully saturated rings. The van der Waals surface area contributed by atoms with Gasteiger partial charge >= 0.3 is 5.97 Å². The third-order valence-corrected chi connectivity index (χ3v) is 5.81. The number of hydrogen-bond acceptors (Lipinski definition) is 5. The molecular weight excluding hydrogens is 348 g/mol. The molecule has 0 bridgehead atoms. The van der Waals surface area contributed by atoms with Crippen molar-refractivity contribution in [2.75, 3.05) is 34.3 Å². The van der Waals surface area contributed by atoms with E-state index in [2.05, 4.69) is 35.3 Å². The van der Waals surface area contributed by atoms with Crippen LogP contribution < -0.4 is 4.74 Å². The van der Waals surface area contributed by atoms with E-state index in [1.165, 1.54) is 10.4 Å². The standard InChI is InChI=1S/C20H26N2O3S/c1-21(2)9-14-8-15(26-13-14)10-22-11-17(18(12-22)20(23)24)16-6-4-5-7-19(16)25-3/h4-8,13,17-18H,9-12H2,1-3H3,(H,23,24)/t17-,18+/m0/s1. The first-order valence-electron chi connectivity index (χ1n) is 8.77. The molecule has 0 unspecified atom stereocenters. The fourth-order valence-corrected chi connectivity index (χ4v) is 4.65. The zero-order valence-corrected chi connectivity index (χ0v) is 16.3. The number of benzene rings is 1. The highest BCUT2D eigenvalue weighted by atomic mass is 32.1. The van der Waals surface area contributed by atoms with Gasteiger partial charge < -0.3 is 14.7 Å². The average Bonchev–Trinajstić information content (AvgIpc) is 3.21. The lowest BCUT2D eigenvalue weighted by Gasteiger charge is -2.18. The van der Waals surface area contributed by atoms with Gasteiger partial charge in [0.15, 0.2) is 0 Å². The van der Waals surface area contributed by atoms with Gasteiger partial charge in [-0.1, -0.05) is 18.2 Å². The van der Waals surface area contributed by atoms with Gasteiger partial charge in [-0.3, -0.25) is 9.69 Å². The largest absolute Gasteiger partial charge is 0.496 e. The number of carboxylic acid groups (broad SMARTS) is 1. The van der Waals surface area contributed by atoms with Gasteiger partial charge in [0.1, 0.15) is 5.75 Å². The number of carbonyl (C=O) groups is 1. The van der Waals surface area contributed by atoms with Crippen LogP contribution in [0, 0.1) is 5.92 Å². The summed E-state index contributed by atoms with van der Waals surface area (Å²) in [6, 6.07) is 10.00. The van der Waals surface area contributed by atoms with Crippen molar-refractivity contribution in [1.29, 1.82) is 0 Å². The van der Waals surface area contributed by atoms with E-state index in [9.17, 15) is 9.90 Å². The second-order valence-corrected chi connectivity index (χ2v) is 8.14. The molecule has 26 heavy (non-hydrogen) atoms. The molecule has 6 heteroatoms. The summed E-state index contributed by atoms with van der Waals surface area (Å²) in [5.74, 6) is -0.421. The molecule has 1 N–H and O–H groups in total. The lowest BCUT2D eigenvalue weighted by molar-refractivity contribution is -0.141. The summed E-state index contributed by atoms with van der Waals surface area (Å²) in [5, 5.41) is 11.9. The van der Waals surface area contributed by atoms with E-state index in [0.29, 0.717) is 6.54 Å². The summed E-state index contributed by atoms with van der Waals surface area (Å²) < 4.78 is 5.47. The normalized spacial score (nSPS) is 20.6. The fraction of sp³-hybridized carbons (Fsp3) is 0.450. The number of methoxy groups -OCH3 is 1. The zero-order valence-electron chi connectivity index (χ0n) is 15.5. The number of carboxylic acids is 1. The Morgan fingerprint density at radius 2 is 2.12 bits per heavy atom. The molecule has 2 atom stereocenters. The van der Waals surface area contributed by atoms with Crippen LogP contribution in [0.3, 0.4) is 0 Å². The molecule has 1 aliphatic heterocycles. The molecule has 140 valence electrons. The van der Waals surface area contributed by atoms with Crippen LogP contribution in [0.1, 0.15) is 21.9 Å². The quantitative estimate of drug-likeness (QED) is 0.807. The lowest BCUT2D eigenvalue weighted by Crippen LogP contribution is -2.23. The van der Waals surface area contributed by atoms with Crippen LogP contribution in [0.2, 0.25) is 0 Å². The van der Waals surface area contributed by atoms with Crippen molar-refractivity contribution >= 4 is 17.3 Å². The van der Waals surface area contributed by atoms with Crippen molar-refractivity contribution in [1.82, 2.24) is 9.80 Å². The molecule has 0 radical (unpaired) electrons. The minimum Gasteiger partial charge on any atom is -0.496 e. The number of likely N-dealkylation sites (tertiary alicyclic amines) is 1. The third-order valence-electron chi connectivity index (χ3n) is 4.84. The first-order valence-corrected chi connectivity index (χ1v) is 9.65. The van der Waals surface area contributed by atoms with Gasteiger partial charge in [-0.2, -0.15) is 0 Å². The van der Waals surface area contributed by atoms with E-state index in [-0.39, 0.29) is 5.92 Å². The van der Waals surface area contributed by atoms with Crippen LogP contribution in [0.25, 0.3) is 0 Å². The minimum absolute atomic E-state index is 0.0511. The maximum atomic E-state index is 11.8. The van der Waals surface area contributed by atoms with Gasteiger partial charge in [-0.15, -0.1) is 11.3 Å². The van der Waals surface area contributed by atoms with Crippen LogP contribution in [-0.4, -0.2) is 55.2 Å². The Balaban J connectivity index is 1.75. The molecule has 0 aliphatic carbocycles. The number of thiophene rings is 1. The van der Waals surface area contributed by atoms with Crippen LogP contribution in [0.4, 0.5) is 0 Å². The maximum absolute atomic E-state index is 11.8. The first kappa shape index (κ1) is 18.9. The molecule has 2 heterocycles. The Labute approximate surface area is 158 Å². The molecule has 0 amide bonds. The predicted octanol–water partition coefficient (Wildman–Crippen LogP) is 3.12. The van der Waals surface area contributed by atoms with Crippen molar-refractivity contribution in [3.63, 3.8) is 0 Å². The van der Waals surface area contributed by atoms with E-state index >= 15 is 0 Å². The molecule has 1 saturated heterocycles. The molecule has 3 rings (SSSR count). The Hall–Kier alpha value is -1.89. The summed E-state index contributed by atoms with van der Waals surface area (Å²) in [5.41, 5.74) is 2.30. The van der Waals surface area contributed by atoms with Crippen molar-refractivity contribution in [2.45, 2.75) is 19.0 Å². The van der Waals surface area contributed by atoms with Crippen molar-refractivity contribution in [3.8, 4) is 5.75 Å². The highest BCUT2D eigenvalue weighted by molar-refractivity contribution is 7.10. The Morgan fingerprint density at radius 1 is 1.35 bits per heavy atom. The van der Waals surface area contributed by atoms with Gasteiger partial charge in [-0.25, -0.2) is 0 Å². The molecule has 1 aromatic carbocycles. The van der Waals surface area contributed by atoms with Gasteiger partial charge in [0.2, 0.25) is 0 Å². The summed E-state index contributed by atoms with van der Waals surface area (Å²) in [6.07, 6.45) is 0. The van der Waals surface area contributed by atoms with Crippen LogP contribution in [0.15, 0.2) is 35.7 Å². The number of aliphatic carboxylic acids is 1. The monoisotopic (exact) mass is 374 g/mol. The number of hydrogen-bond donors (Lipinski definition) is 1. The molecule has 1 aromatic heterocycles. The van der Waals surface area contributed by atoms with Crippen LogP contribution >= 0.6 is 11.3 Å². The van der Waals surface area contributed by atoms with Gasteiger partial charge in [0.05, 0.1) is 13.0 Å². The molecule has 0 saturated carbocycles. The van der Waals surface area contributed by atoms with Gasteiger partial charge in [0.25, 0.3) is 0 Å². The van der Waals surface area contributed by atoms with Gasteiger partial charge in [-0.05, 0) is 42.7 Å². The summed E-state index contributed by atoms with van der Waals surface area (Å²) in [7, 11) is 5.76. The number of rotatable bonds is 7. The Kier molecular flexibility index (Phi) is 5.96. The highest BCUT2D eigenvalue weighted by Crippen LogP contribution is 2.38. The maximum Gasteiger partial charge on any atom is 0.308 e. The highest BCUT2D eigenvalue weighted by Gasteiger charge is 2.39. The van der Waals surface area contributed by atoms with E-state index in [0.717, 1.165) is 30.9 Å². The van der Waals surface area contributed by atoms with E-state index in [1.807, 2.05) is 24.3 Å². The van der Waals surface area contributed by atoms with Crippen molar-refractivity contribution < 1.29 is 14.6 Å². The Morgan fingerprint density at radius 3 is 2.81 bits per heavy atom. The molecule has 0 spiro atoms. The first-order chi connectivity index (χ1) is 12.5. The predicted molar refractivity (Wildman–Crippen MR) is 104 cm³/mol. The molecule has 1 aliphatic rings. The lowest BCUT2D eigenvalue weighted by atomic mass is 9.88. The zero-order chi connectivity index (χ0) is 18.7. The van der Waals surface area contributed by atoms with E-state index < -0.39 is 11.9 Å². The third kappa shape index (κ3) is 4.26. The van der Waals surface area contributed by atoms with Crippen molar-refractivity contribution in [3.05, 3.63) is 51.7 Å². The molecule has 5 nitrogen and oxygen atoms in total. The smallest absolute Gasteiger partial charge is 0.308 e. The van der Waals surface area contributed by atoms with Crippen LogP contribution in [0.5, 0.6) is 5.75 Å². The average molecular weight is 375 g/mol. The van der Waals surface area contributed by atoms with Crippen LogP contribution in [-0.2, 0) is 17.9 Å². The number of ether oxygens (including phenoxy) is 1. The topological polar surface area (TPSA) is 53.0 Å². The number of nitrogens with zero attached hydrogens (tertiary/aromatic N) is 2. The van der Waals surface area contributed by atoms with Gasteiger partial charge in [0, 0.05) is 37.0 Å². The van der Waals surface area contributed by atoms with E-state index in [4.69, 9.17) is 4.74 Å². The number of para-hydroxylation sites is 1. The summed E-state index contributed by atoms with van der Waals surface area (Å²) in [6.45, 7) is 3.03. The second kappa shape index (κ2) is 8.20. The summed E-state index contributed by atoms with van der Waals surface area (Å²) in [4.78, 5) is 17.5. The molecular formula is C20H26N2O3S. The summed E-state index contributed by atoms with van der Waals surface area (Å²) >= 11 is 1.75.